The molecule has 0 aromatic heterocycles. The van der Waals surface area contributed by atoms with Crippen LogP contribution >= 0.6 is 0 Å². The van der Waals surface area contributed by atoms with E-state index in [1.807, 2.05) is 30.3 Å². The lowest BCUT2D eigenvalue weighted by atomic mass is 10.1. The fraction of sp³-hybridized carbons (Fsp3) is 0.263. The van der Waals surface area contributed by atoms with Gasteiger partial charge in [-0.15, -0.1) is 0 Å². The molecule has 0 saturated carbocycles. The van der Waals surface area contributed by atoms with E-state index >= 15 is 0 Å². The summed E-state index contributed by atoms with van der Waals surface area (Å²) in [6.45, 7) is 2.20. The van der Waals surface area contributed by atoms with E-state index < -0.39 is 0 Å². The number of nitrogens with zero attached hydrogens (tertiary/aromatic N) is 1. The van der Waals surface area contributed by atoms with Gasteiger partial charge in [-0.2, -0.15) is 0 Å². The third-order valence-corrected chi connectivity index (χ3v) is 4.29. The first kappa shape index (κ1) is 16.2. The summed E-state index contributed by atoms with van der Waals surface area (Å²) in [5, 5.41) is 5.88. The van der Waals surface area contributed by atoms with Crippen LogP contribution in [0.2, 0.25) is 0 Å². The first-order valence-corrected chi connectivity index (χ1v) is 7.97. The minimum absolute atomic E-state index is 0.0000720. The minimum Gasteiger partial charge on any atom is -0.355 e. The fourth-order valence-electron chi connectivity index (χ4n) is 2.90. The van der Waals surface area contributed by atoms with Gasteiger partial charge in [0.1, 0.15) is 0 Å². The van der Waals surface area contributed by atoms with Crippen LogP contribution in [-0.4, -0.2) is 30.8 Å². The molecule has 0 unspecified atom stereocenters. The molecule has 1 aliphatic rings. The van der Waals surface area contributed by atoms with E-state index in [0.717, 1.165) is 18.7 Å². The normalized spacial score (nSPS) is 12.6. The van der Waals surface area contributed by atoms with Crippen molar-refractivity contribution in [3.63, 3.8) is 0 Å². The highest BCUT2D eigenvalue weighted by Crippen LogP contribution is 2.18. The average Bonchev–Trinajstić information content (AvgIpc) is 3.08. The molecule has 0 radical (unpaired) electrons. The van der Waals surface area contributed by atoms with Crippen molar-refractivity contribution < 1.29 is 9.59 Å². The third-order valence-electron chi connectivity index (χ3n) is 4.29. The number of carbonyl (C=O) groups is 2. The Balaban J connectivity index is 1.69. The van der Waals surface area contributed by atoms with Crippen molar-refractivity contribution in [3.8, 4) is 0 Å². The van der Waals surface area contributed by atoms with E-state index in [0.29, 0.717) is 17.7 Å². The molecule has 2 amide bonds. The molecule has 0 saturated heterocycles. The van der Waals surface area contributed by atoms with Crippen LogP contribution in [0.4, 0.5) is 0 Å². The topological polar surface area (TPSA) is 61.4 Å². The van der Waals surface area contributed by atoms with E-state index in [4.69, 9.17) is 0 Å². The average molecular weight is 323 g/mol. The molecular weight excluding hydrogens is 302 g/mol. The Hall–Kier alpha value is -2.66. The lowest BCUT2D eigenvalue weighted by Gasteiger charge is -2.18. The maximum Gasteiger partial charge on any atom is 0.253 e. The van der Waals surface area contributed by atoms with Crippen LogP contribution in [0, 0.1) is 0 Å². The third kappa shape index (κ3) is 3.31. The van der Waals surface area contributed by atoms with Gasteiger partial charge >= 0.3 is 0 Å². The SMILES string of the molecule is CNC(=O)c1ccc(CN(C)C(=O)c2ccc3c(c2)CNC3)cc1. The number of fused-ring (bicyclic) bond motifs is 1. The Bertz CT molecular complexity index is 769. The largest absolute Gasteiger partial charge is 0.355 e. The van der Waals surface area contributed by atoms with E-state index in [-0.39, 0.29) is 11.8 Å². The van der Waals surface area contributed by atoms with Crippen LogP contribution in [0.1, 0.15) is 37.4 Å². The van der Waals surface area contributed by atoms with E-state index in [1.54, 1.807) is 31.1 Å². The molecule has 5 heteroatoms. The Morgan fingerprint density at radius 3 is 2.42 bits per heavy atom. The highest BCUT2D eigenvalue weighted by atomic mass is 16.2. The van der Waals surface area contributed by atoms with Crippen molar-refractivity contribution in [3.05, 3.63) is 70.3 Å². The maximum absolute atomic E-state index is 12.6. The van der Waals surface area contributed by atoms with Crippen molar-refractivity contribution >= 4 is 11.8 Å². The van der Waals surface area contributed by atoms with Gasteiger partial charge in [0.05, 0.1) is 0 Å². The van der Waals surface area contributed by atoms with Crippen molar-refractivity contribution in [2.24, 2.45) is 0 Å². The summed E-state index contributed by atoms with van der Waals surface area (Å²) in [4.78, 5) is 25.9. The number of benzene rings is 2. The standard InChI is InChI=1S/C19H21N3O2/c1-20-18(23)14-5-3-13(4-6-14)12-22(2)19(24)15-7-8-16-10-21-11-17(16)9-15/h3-9,21H,10-12H2,1-2H3,(H,20,23). The van der Waals surface area contributed by atoms with Crippen molar-refractivity contribution in [1.29, 1.82) is 0 Å². The second-order valence-corrected chi connectivity index (χ2v) is 6.02. The summed E-state index contributed by atoms with van der Waals surface area (Å²) in [6.07, 6.45) is 0. The number of rotatable bonds is 4. The molecule has 24 heavy (non-hydrogen) atoms. The van der Waals surface area contributed by atoms with Gasteiger partial charge in [0.15, 0.2) is 0 Å². The van der Waals surface area contributed by atoms with Gasteiger partial charge in [0, 0.05) is 44.9 Å². The zero-order chi connectivity index (χ0) is 17.1. The molecule has 3 rings (SSSR count). The molecule has 0 spiro atoms. The smallest absolute Gasteiger partial charge is 0.253 e. The molecule has 0 atom stereocenters. The Kier molecular flexibility index (Phi) is 4.62. The van der Waals surface area contributed by atoms with Crippen molar-refractivity contribution in [2.75, 3.05) is 14.1 Å². The number of hydrogen-bond acceptors (Lipinski definition) is 3. The van der Waals surface area contributed by atoms with Gasteiger partial charge in [-0.05, 0) is 41.0 Å². The van der Waals surface area contributed by atoms with Crippen molar-refractivity contribution in [2.45, 2.75) is 19.6 Å². The molecule has 124 valence electrons. The zero-order valence-electron chi connectivity index (χ0n) is 13.9. The number of carbonyl (C=O) groups excluding carboxylic acids is 2. The lowest BCUT2D eigenvalue weighted by Crippen LogP contribution is -2.26. The summed E-state index contributed by atoms with van der Waals surface area (Å²) in [7, 11) is 3.40. The fourth-order valence-corrected chi connectivity index (χ4v) is 2.90. The Morgan fingerprint density at radius 2 is 1.71 bits per heavy atom. The van der Waals surface area contributed by atoms with E-state index in [9.17, 15) is 9.59 Å². The van der Waals surface area contributed by atoms with E-state index in [1.165, 1.54) is 11.1 Å². The van der Waals surface area contributed by atoms with Crippen LogP contribution in [-0.2, 0) is 19.6 Å². The molecule has 5 nitrogen and oxygen atoms in total. The van der Waals surface area contributed by atoms with Crippen LogP contribution < -0.4 is 10.6 Å². The summed E-state index contributed by atoms with van der Waals surface area (Å²) in [6, 6.07) is 13.2. The molecule has 2 aromatic carbocycles. The van der Waals surface area contributed by atoms with E-state index in [2.05, 4.69) is 10.6 Å². The Morgan fingerprint density at radius 1 is 1.04 bits per heavy atom. The Labute approximate surface area is 141 Å². The molecule has 0 bridgehead atoms. The molecular formula is C19H21N3O2. The second-order valence-electron chi connectivity index (χ2n) is 6.02. The quantitative estimate of drug-likeness (QED) is 0.904. The van der Waals surface area contributed by atoms with Gasteiger partial charge in [0.2, 0.25) is 0 Å². The maximum atomic E-state index is 12.6. The second kappa shape index (κ2) is 6.84. The van der Waals surface area contributed by atoms with Crippen LogP contribution in [0.15, 0.2) is 42.5 Å². The molecule has 1 aliphatic heterocycles. The van der Waals surface area contributed by atoms with Gasteiger partial charge in [-0.1, -0.05) is 18.2 Å². The first-order chi connectivity index (χ1) is 11.6. The number of nitrogens with one attached hydrogen (secondary N) is 2. The van der Waals surface area contributed by atoms with Crippen molar-refractivity contribution in [1.82, 2.24) is 15.5 Å². The molecule has 2 aromatic rings. The monoisotopic (exact) mass is 323 g/mol. The predicted octanol–water partition coefficient (Wildman–Crippen LogP) is 1.92. The highest BCUT2D eigenvalue weighted by Gasteiger charge is 2.16. The molecule has 0 fully saturated rings. The minimum atomic E-state index is -0.113. The summed E-state index contributed by atoms with van der Waals surface area (Å²) >= 11 is 0. The van der Waals surface area contributed by atoms with Gasteiger partial charge < -0.3 is 15.5 Å². The van der Waals surface area contributed by atoms with Gasteiger partial charge in [0.25, 0.3) is 11.8 Å². The zero-order valence-corrected chi connectivity index (χ0v) is 13.9. The summed E-state index contributed by atoms with van der Waals surface area (Å²) in [5.74, 6) is -0.113. The first-order valence-electron chi connectivity index (χ1n) is 7.97. The van der Waals surface area contributed by atoms with Crippen LogP contribution in [0.25, 0.3) is 0 Å². The molecule has 2 N–H and O–H groups in total. The molecule has 1 heterocycles. The highest BCUT2D eigenvalue weighted by molar-refractivity contribution is 5.95. The predicted molar refractivity (Wildman–Crippen MR) is 92.6 cm³/mol. The summed E-state index contributed by atoms with van der Waals surface area (Å²) < 4.78 is 0. The molecule has 0 aliphatic carbocycles. The van der Waals surface area contributed by atoms with Crippen LogP contribution in [0.3, 0.4) is 0 Å². The summed E-state index contributed by atoms with van der Waals surface area (Å²) in [5.41, 5.74) is 4.77. The number of amides is 2. The number of hydrogen-bond donors (Lipinski definition) is 2. The van der Waals surface area contributed by atoms with Gasteiger partial charge in [-0.25, -0.2) is 0 Å². The van der Waals surface area contributed by atoms with Gasteiger partial charge in [-0.3, -0.25) is 9.59 Å². The van der Waals surface area contributed by atoms with Crippen LogP contribution in [0.5, 0.6) is 0 Å². The lowest BCUT2D eigenvalue weighted by molar-refractivity contribution is 0.0784.